The molecule has 128 valence electrons. The van der Waals surface area contributed by atoms with E-state index in [2.05, 4.69) is 15.3 Å². The first-order valence-electron chi connectivity index (χ1n) is 7.93. The van der Waals surface area contributed by atoms with Crippen molar-refractivity contribution < 1.29 is 4.79 Å². The van der Waals surface area contributed by atoms with Crippen LogP contribution >= 0.6 is 11.3 Å². The van der Waals surface area contributed by atoms with Gasteiger partial charge in [-0.3, -0.25) is 19.5 Å². The summed E-state index contributed by atoms with van der Waals surface area (Å²) in [5, 5.41) is 3.80. The zero-order chi connectivity index (χ0) is 18.1. The number of nitrogens with zero attached hydrogens (tertiary/aromatic N) is 3. The summed E-state index contributed by atoms with van der Waals surface area (Å²) in [7, 11) is 0. The molecule has 2 aromatic carbocycles. The Morgan fingerprint density at radius 1 is 1.08 bits per heavy atom. The molecule has 0 saturated heterocycles. The molecule has 2 aromatic heterocycles. The van der Waals surface area contributed by atoms with E-state index < -0.39 is 0 Å². The normalized spacial score (nSPS) is 10.8. The summed E-state index contributed by atoms with van der Waals surface area (Å²) >= 11 is 1.39. The van der Waals surface area contributed by atoms with Crippen LogP contribution in [-0.2, 0) is 0 Å². The third-order valence-corrected chi connectivity index (χ3v) is 4.74. The van der Waals surface area contributed by atoms with Crippen molar-refractivity contribution in [3.8, 4) is 5.69 Å². The Hall–Kier alpha value is -3.32. The first kappa shape index (κ1) is 16.2. The summed E-state index contributed by atoms with van der Waals surface area (Å²) < 4.78 is 1.39. The number of thiazole rings is 1. The van der Waals surface area contributed by atoms with Gasteiger partial charge in [0.25, 0.3) is 11.5 Å². The molecule has 2 heterocycles. The van der Waals surface area contributed by atoms with E-state index in [0.29, 0.717) is 27.3 Å². The molecule has 0 aliphatic heterocycles. The van der Waals surface area contributed by atoms with Gasteiger partial charge in [-0.15, -0.1) is 11.3 Å². The van der Waals surface area contributed by atoms with Crippen LogP contribution < -0.4 is 10.9 Å². The van der Waals surface area contributed by atoms with Gasteiger partial charge < -0.3 is 0 Å². The molecule has 0 saturated carbocycles. The van der Waals surface area contributed by atoms with Crippen molar-refractivity contribution in [2.24, 2.45) is 0 Å². The van der Waals surface area contributed by atoms with Gasteiger partial charge in [0.1, 0.15) is 6.33 Å². The van der Waals surface area contributed by atoms with Gasteiger partial charge in [-0.1, -0.05) is 24.3 Å². The van der Waals surface area contributed by atoms with E-state index >= 15 is 0 Å². The highest BCUT2D eigenvalue weighted by molar-refractivity contribution is 7.15. The number of aromatic nitrogens is 3. The molecular weight excluding hydrogens is 348 g/mol. The lowest BCUT2D eigenvalue weighted by Gasteiger charge is -2.11. The van der Waals surface area contributed by atoms with Crippen LogP contribution in [0.4, 0.5) is 5.13 Å². The Morgan fingerprint density at radius 3 is 2.65 bits per heavy atom. The fourth-order valence-corrected chi connectivity index (χ4v) is 3.35. The number of rotatable bonds is 3. The standard InChI is InChI=1S/C19H14N4O2S/c1-12-10-20-19(26-12)22-17(24)14-7-3-5-9-16(14)23-11-21-15-8-4-2-6-13(15)18(23)25/h2-11H,1H3,(H,20,22,24). The fraction of sp³-hybridized carbons (Fsp3) is 0.0526. The second-order valence-electron chi connectivity index (χ2n) is 5.68. The van der Waals surface area contributed by atoms with Crippen molar-refractivity contribution in [2.75, 3.05) is 5.32 Å². The lowest BCUT2D eigenvalue weighted by molar-refractivity contribution is 0.102. The number of hydrogen-bond donors (Lipinski definition) is 1. The molecule has 1 N–H and O–H groups in total. The summed E-state index contributed by atoms with van der Waals surface area (Å²) in [5.41, 5.74) is 1.25. The Balaban J connectivity index is 1.80. The lowest BCUT2D eigenvalue weighted by atomic mass is 10.1. The number of anilines is 1. The first-order chi connectivity index (χ1) is 12.6. The Morgan fingerprint density at radius 2 is 1.85 bits per heavy atom. The van der Waals surface area contributed by atoms with E-state index in [1.165, 1.54) is 22.2 Å². The monoisotopic (exact) mass is 362 g/mol. The minimum Gasteiger partial charge on any atom is -0.298 e. The second-order valence-corrected chi connectivity index (χ2v) is 6.92. The van der Waals surface area contributed by atoms with Gasteiger partial charge in [-0.25, -0.2) is 9.97 Å². The van der Waals surface area contributed by atoms with Crippen molar-refractivity contribution >= 4 is 33.3 Å². The number of para-hydroxylation sites is 2. The van der Waals surface area contributed by atoms with Crippen LogP contribution in [-0.4, -0.2) is 20.4 Å². The summed E-state index contributed by atoms with van der Waals surface area (Å²) in [6.07, 6.45) is 3.15. The van der Waals surface area contributed by atoms with Crippen molar-refractivity contribution in [2.45, 2.75) is 6.92 Å². The second kappa shape index (κ2) is 6.53. The Bertz CT molecular complexity index is 1180. The molecule has 0 spiro atoms. The quantitative estimate of drug-likeness (QED) is 0.606. The molecule has 0 radical (unpaired) electrons. The molecule has 0 atom stereocenters. The van der Waals surface area contributed by atoms with E-state index in [9.17, 15) is 9.59 Å². The van der Waals surface area contributed by atoms with Crippen molar-refractivity contribution in [1.82, 2.24) is 14.5 Å². The maximum Gasteiger partial charge on any atom is 0.265 e. The molecule has 0 aliphatic rings. The van der Waals surface area contributed by atoms with Crippen molar-refractivity contribution in [1.29, 1.82) is 0 Å². The molecule has 0 unspecified atom stereocenters. The number of hydrogen-bond acceptors (Lipinski definition) is 5. The molecule has 6 nitrogen and oxygen atoms in total. The van der Waals surface area contributed by atoms with E-state index in [0.717, 1.165) is 4.88 Å². The predicted octanol–water partition coefficient (Wildman–Crippen LogP) is 3.40. The maximum absolute atomic E-state index is 12.8. The average molecular weight is 362 g/mol. The molecule has 26 heavy (non-hydrogen) atoms. The van der Waals surface area contributed by atoms with Gasteiger partial charge in [-0.05, 0) is 31.2 Å². The van der Waals surface area contributed by atoms with E-state index in [4.69, 9.17) is 0 Å². The molecule has 4 rings (SSSR count). The molecule has 0 bridgehead atoms. The number of amides is 1. The van der Waals surface area contributed by atoms with Crippen molar-refractivity contribution in [3.63, 3.8) is 0 Å². The molecule has 0 fully saturated rings. The number of fused-ring (bicyclic) bond motifs is 1. The minimum atomic E-state index is -0.324. The highest BCUT2D eigenvalue weighted by Gasteiger charge is 2.15. The molecule has 1 amide bonds. The van der Waals surface area contributed by atoms with E-state index in [-0.39, 0.29) is 11.5 Å². The van der Waals surface area contributed by atoms with Crippen LogP contribution in [0.2, 0.25) is 0 Å². The number of carbonyl (C=O) groups is 1. The van der Waals surface area contributed by atoms with Gasteiger partial charge in [-0.2, -0.15) is 0 Å². The van der Waals surface area contributed by atoms with Crippen LogP contribution in [0.1, 0.15) is 15.2 Å². The molecule has 4 aromatic rings. The smallest absolute Gasteiger partial charge is 0.265 e. The zero-order valence-corrected chi connectivity index (χ0v) is 14.7. The highest BCUT2D eigenvalue weighted by Crippen LogP contribution is 2.20. The molecule has 7 heteroatoms. The number of carbonyl (C=O) groups excluding carboxylic acids is 1. The largest absolute Gasteiger partial charge is 0.298 e. The topological polar surface area (TPSA) is 76.9 Å². The van der Waals surface area contributed by atoms with Gasteiger partial charge in [0, 0.05) is 11.1 Å². The van der Waals surface area contributed by atoms with Gasteiger partial charge in [0.2, 0.25) is 0 Å². The summed E-state index contributed by atoms with van der Waals surface area (Å²) in [6, 6.07) is 14.1. The predicted molar refractivity (Wildman–Crippen MR) is 102 cm³/mol. The zero-order valence-electron chi connectivity index (χ0n) is 13.8. The van der Waals surface area contributed by atoms with Crippen molar-refractivity contribution in [3.05, 3.63) is 81.8 Å². The fourth-order valence-electron chi connectivity index (χ4n) is 2.69. The van der Waals surface area contributed by atoms with Crippen LogP contribution in [0.25, 0.3) is 16.6 Å². The number of aryl methyl sites for hydroxylation is 1. The summed E-state index contributed by atoms with van der Waals surface area (Å²) in [6.45, 7) is 1.92. The van der Waals surface area contributed by atoms with Gasteiger partial charge in [0.15, 0.2) is 5.13 Å². The van der Waals surface area contributed by atoms with Gasteiger partial charge in [0.05, 0.1) is 22.2 Å². The van der Waals surface area contributed by atoms with Gasteiger partial charge >= 0.3 is 0 Å². The SMILES string of the molecule is Cc1cnc(NC(=O)c2ccccc2-n2cnc3ccccc3c2=O)s1. The molecule has 0 aliphatic carbocycles. The lowest BCUT2D eigenvalue weighted by Crippen LogP contribution is -2.22. The summed E-state index contributed by atoms with van der Waals surface area (Å²) in [5.74, 6) is -0.324. The van der Waals surface area contributed by atoms with Crippen LogP contribution in [0.5, 0.6) is 0 Å². The number of nitrogens with one attached hydrogen (secondary N) is 1. The Kier molecular flexibility index (Phi) is 4.06. The maximum atomic E-state index is 12.8. The number of benzene rings is 2. The summed E-state index contributed by atoms with van der Waals surface area (Å²) in [4.78, 5) is 35.0. The average Bonchev–Trinajstić information content (AvgIpc) is 3.07. The van der Waals surface area contributed by atoms with E-state index in [1.54, 1.807) is 48.7 Å². The first-order valence-corrected chi connectivity index (χ1v) is 8.75. The third-order valence-electron chi connectivity index (χ3n) is 3.92. The highest BCUT2D eigenvalue weighted by atomic mass is 32.1. The van der Waals surface area contributed by atoms with Crippen LogP contribution in [0, 0.1) is 6.92 Å². The molecular formula is C19H14N4O2S. The Labute approximate surface area is 152 Å². The van der Waals surface area contributed by atoms with Crippen LogP contribution in [0.15, 0.2) is 65.8 Å². The van der Waals surface area contributed by atoms with Crippen LogP contribution in [0.3, 0.4) is 0 Å². The minimum absolute atomic E-state index is 0.221. The third kappa shape index (κ3) is 2.89. The van der Waals surface area contributed by atoms with E-state index in [1.807, 2.05) is 13.0 Å².